The lowest BCUT2D eigenvalue weighted by molar-refractivity contribution is -0.180. The molecule has 53 heavy (non-hydrogen) atoms. The van der Waals surface area contributed by atoms with Crippen LogP contribution in [-0.4, -0.2) is 23.5 Å². The van der Waals surface area contributed by atoms with Crippen molar-refractivity contribution < 1.29 is 9.47 Å². The zero-order chi connectivity index (χ0) is 38.1. The lowest BCUT2D eigenvalue weighted by atomic mass is 9.73. The van der Waals surface area contributed by atoms with E-state index in [1.807, 2.05) is 12.4 Å². The Kier molecular flexibility index (Phi) is 27.8. The molecule has 3 unspecified atom stereocenters. The molecule has 0 aliphatic carbocycles. The second kappa shape index (κ2) is 31.3. The van der Waals surface area contributed by atoms with Gasteiger partial charge in [-0.2, -0.15) is 0 Å². The van der Waals surface area contributed by atoms with Gasteiger partial charge in [0.05, 0.1) is 12.7 Å². The smallest absolute Gasteiger partial charge is 0.168 e. The van der Waals surface area contributed by atoms with Crippen LogP contribution in [0.2, 0.25) is 0 Å². The van der Waals surface area contributed by atoms with Crippen molar-refractivity contribution in [1.82, 2.24) is 4.98 Å². The van der Waals surface area contributed by atoms with Crippen LogP contribution in [0.3, 0.4) is 0 Å². The van der Waals surface area contributed by atoms with Crippen LogP contribution in [0, 0.1) is 5.92 Å². The monoisotopic (exact) mass is 732 g/mol. The van der Waals surface area contributed by atoms with Gasteiger partial charge in [0, 0.05) is 25.2 Å². The Labute approximate surface area is 330 Å². The number of allylic oxidation sites excluding steroid dienone is 8. The number of pyridine rings is 1. The minimum atomic E-state index is -0.350. The maximum atomic E-state index is 6.88. The molecule has 1 saturated heterocycles. The normalized spacial score (nSPS) is 18.8. The van der Waals surface area contributed by atoms with E-state index in [1.165, 1.54) is 147 Å². The zero-order valence-corrected chi connectivity index (χ0v) is 35.6. The average Bonchev–Trinajstić information content (AvgIpc) is 3.57. The van der Waals surface area contributed by atoms with Gasteiger partial charge in [0.15, 0.2) is 5.79 Å². The van der Waals surface area contributed by atoms with Crippen LogP contribution in [0.5, 0.6) is 0 Å². The number of rotatable bonds is 34. The molecule has 2 heterocycles. The van der Waals surface area contributed by atoms with Crippen molar-refractivity contribution in [3.8, 4) is 0 Å². The van der Waals surface area contributed by atoms with Crippen molar-refractivity contribution in [2.24, 2.45) is 5.92 Å². The lowest BCUT2D eigenvalue weighted by Crippen LogP contribution is -2.31. The summed E-state index contributed by atoms with van der Waals surface area (Å²) in [7, 11) is 0. The van der Waals surface area contributed by atoms with Gasteiger partial charge in [-0.05, 0) is 100 Å². The highest BCUT2D eigenvalue weighted by Crippen LogP contribution is 2.38. The van der Waals surface area contributed by atoms with Gasteiger partial charge in [-0.3, -0.25) is 4.98 Å². The minimum absolute atomic E-state index is 0.120. The quantitative estimate of drug-likeness (QED) is 0.0522. The maximum absolute atomic E-state index is 6.88. The summed E-state index contributed by atoms with van der Waals surface area (Å²) in [6.45, 7) is 12.4. The lowest BCUT2D eigenvalue weighted by Gasteiger charge is -2.32. The van der Waals surface area contributed by atoms with Crippen molar-refractivity contribution in [3.63, 3.8) is 0 Å². The SMILES string of the molecule is CCCC/C=C\C/C=C\CCCCCCCCC1(CCCCCCCC/C=C\C/C=C/CCCC)OCC(CCCC(C)C(C)(C)c2cccnc2)O1. The number of hydrogen-bond acceptors (Lipinski definition) is 3. The summed E-state index contributed by atoms with van der Waals surface area (Å²) in [4.78, 5) is 4.39. The molecule has 1 aromatic rings. The highest BCUT2D eigenvalue weighted by atomic mass is 16.7. The molecule has 0 radical (unpaired) electrons. The first-order chi connectivity index (χ1) is 25.9. The van der Waals surface area contributed by atoms with E-state index < -0.39 is 0 Å². The van der Waals surface area contributed by atoms with Crippen molar-refractivity contribution in [1.29, 1.82) is 0 Å². The zero-order valence-electron chi connectivity index (χ0n) is 35.6. The third-order valence-corrected chi connectivity index (χ3v) is 11.7. The first-order valence-electron chi connectivity index (χ1n) is 22.8. The minimum Gasteiger partial charge on any atom is -0.347 e. The van der Waals surface area contributed by atoms with Crippen LogP contribution < -0.4 is 0 Å². The molecule has 1 fully saturated rings. The maximum Gasteiger partial charge on any atom is 0.168 e. The van der Waals surface area contributed by atoms with E-state index in [9.17, 15) is 0 Å². The first-order valence-corrected chi connectivity index (χ1v) is 22.8. The molecule has 0 amide bonds. The van der Waals surface area contributed by atoms with Crippen LogP contribution in [0.15, 0.2) is 73.1 Å². The standard InChI is InChI=1S/C50H85NO2/c1-6-8-10-12-14-16-18-20-22-24-26-28-30-32-34-41-50(42-35-33-31-29-27-25-23-21-19-17-15-13-11-9-7-2)52-45-48(53-50)40-36-38-46(3)49(4,5)47-39-37-43-51-44-47/h12-15,18-21,37,39,43-44,46,48H,6-11,16-17,22-36,38,40-42,45H2,1-5H3/b14-12-,15-13+,20-18-,21-19-. The van der Waals surface area contributed by atoms with E-state index in [1.54, 1.807) is 0 Å². The fourth-order valence-electron chi connectivity index (χ4n) is 7.57. The molecule has 2 rings (SSSR count). The van der Waals surface area contributed by atoms with Crippen LogP contribution in [0.4, 0.5) is 0 Å². The molecule has 0 spiro atoms. The summed E-state index contributed by atoms with van der Waals surface area (Å²) in [5.74, 6) is 0.234. The average molecular weight is 732 g/mol. The first kappa shape index (κ1) is 47.2. The summed E-state index contributed by atoms with van der Waals surface area (Å²) in [6.07, 6.45) is 56.5. The van der Waals surface area contributed by atoms with Gasteiger partial charge >= 0.3 is 0 Å². The highest BCUT2D eigenvalue weighted by Gasteiger charge is 2.40. The highest BCUT2D eigenvalue weighted by molar-refractivity contribution is 5.20. The Hall–Kier alpha value is -1.97. The molecule has 0 aromatic carbocycles. The van der Waals surface area contributed by atoms with Crippen LogP contribution in [0.25, 0.3) is 0 Å². The predicted octanol–water partition coefficient (Wildman–Crippen LogP) is 15.9. The Morgan fingerprint density at radius 1 is 0.679 bits per heavy atom. The fourth-order valence-corrected chi connectivity index (χ4v) is 7.57. The summed E-state index contributed by atoms with van der Waals surface area (Å²) in [6, 6.07) is 4.29. The summed E-state index contributed by atoms with van der Waals surface area (Å²) in [5, 5.41) is 0. The molecule has 3 heteroatoms. The van der Waals surface area contributed by atoms with Crippen LogP contribution >= 0.6 is 0 Å². The van der Waals surface area contributed by atoms with Gasteiger partial charge < -0.3 is 9.47 Å². The Morgan fingerprint density at radius 3 is 1.66 bits per heavy atom. The molecule has 1 aromatic heterocycles. The Morgan fingerprint density at radius 2 is 1.17 bits per heavy atom. The van der Waals surface area contributed by atoms with Crippen LogP contribution in [0.1, 0.15) is 214 Å². The molecule has 0 saturated carbocycles. The number of nitrogens with zero attached hydrogens (tertiary/aromatic N) is 1. The van der Waals surface area contributed by atoms with E-state index in [-0.39, 0.29) is 17.3 Å². The van der Waals surface area contributed by atoms with Gasteiger partial charge in [0.25, 0.3) is 0 Å². The number of aromatic nitrogens is 1. The molecular formula is C50H85NO2. The van der Waals surface area contributed by atoms with E-state index in [4.69, 9.17) is 9.47 Å². The Bertz CT molecular complexity index is 1040. The van der Waals surface area contributed by atoms with Gasteiger partial charge in [-0.15, -0.1) is 0 Å². The van der Waals surface area contributed by atoms with Gasteiger partial charge in [-0.25, -0.2) is 0 Å². The summed E-state index contributed by atoms with van der Waals surface area (Å²) >= 11 is 0. The topological polar surface area (TPSA) is 31.4 Å². The molecule has 302 valence electrons. The van der Waals surface area contributed by atoms with E-state index in [0.29, 0.717) is 5.92 Å². The fraction of sp³-hybridized carbons (Fsp3) is 0.740. The molecule has 3 atom stereocenters. The van der Waals surface area contributed by atoms with Crippen molar-refractivity contribution in [3.05, 3.63) is 78.7 Å². The van der Waals surface area contributed by atoms with Crippen molar-refractivity contribution in [2.45, 2.75) is 225 Å². The second-order valence-corrected chi connectivity index (χ2v) is 16.7. The molecule has 0 N–H and O–H groups in total. The molecule has 1 aliphatic heterocycles. The second-order valence-electron chi connectivity index (χ2n) is 16.7. The summed E-state index contributed by atoms with van der Waals surface area (Å²) < 4.78 is 13.5. The van der Waals surface area contributed by atoms with Crippen molar-refractivity contribution in [2.75, 3.05) is 6.61 Å². The van der Waals surface area contributed by atoms with E-state index >= 15 is 0 Å². The van der Waals surface area contributed by atoms with Gasteiger partial charge in [0.2, 0.25) is 0 Å². The van der Waals surface area contributed by atoms with E-state index in [0.717, 1.165) is 38.7 Å². The molecule has 1 aliphatic rings. The van der Waals surface area contributed by atoms with E-state index in [2.05, 4.69) is 100 Å². The number of ether oxygens (including phenoxy) is 2. The van der Waals surface area contributed by atoms with Crippen LogP contribution in [-0.2, 0) is 14.9 Å². The predicted molar refractivity (Wildman–Crippen MR) is 233 cm³/mol. The Balaban J connectivity index is 1.69. The molecular weight excluding hydrogens is 647 g/mol. The molecule has 0 bridgehead atoms. The van der Waals surface area contributed by atoms with Gasteiger partial charge in [-0.1, -0.05) is 173 Å². The number of hydrogen-bond donors (Lipinski definition) is 0. The van der Waals surface area contributed by atoms with Crippen molar-refractivity contribution >= 4 is 0 Å². The largest absolute Gasteiger partial charge is 0.347 e. The molecule has 3 nitrogen and oxygen atoms in total. The number of unbranched alkanes of at least 4 members (excludes halogenated alkanes) is 16. The third-order valence-electron chi connectivity index (χ3n) is 11.7. The summed E-state index contributed by atoms with van der Waals surface area (Å²) in [5.41, 5.74) is 1.46. The van der Waals surface area contributed by atoms with Gasteiger partial charge in [0.1, 0.15) is 0 Å². The third kappa shape index (κ3) is 22.9.